The minimum absolute atomic E-state index is 0.173. The Hall–Kier alpha value is -3.33. The maximum atomic E-state index is 13.0. The zero-order valence-corrected chi connectivity index (χ0v) is 16.2. The lowest BCUT2D eigenvalue weighted by molar-refractivity contribution is -0.137. The first-order valence-electron chi connectivity index (χ1n) is 8.63. The van der Waals surface area contributed by atoms with Crippen LogP contribution in [0.2, 0.25) is 0 Å². The highest BCUT2D eigenvalue weighted by molar-refractivity contribution is 6.53. The van der Waals surface area contributed by atoms with Crippen molar-refractivity contribution in [1.29, 1.82) is 0 Å². The molecule has 156 valence electrons. The van der Waals surface area contributed by atoms with Crippen LogP contribution in [0.25, 0.3) is 0 Å². The lowest BCUT2D eigenvalue weighted by atomic mass is 10.2. The number of carbonyl (C=O) groups excluding carboxylic acids is 3. The molecule has 2 aromatic carbocycles. The lowest BCUT2D eigenvalue weighted by Crippen LogP contribution is -2.32. The zero-order valence-electron chi connectivity index (χ0n) is 15.4. The third-order valence-corrected chi connectivity index (χ3v) is 4.45. The van der Waals surface area contributed by atoms with Gasteiger partial charge in [0.15, 0.2) is 0 Å². The molecule has 1 N–H and O–H groups in total. The summed E-state index contributed by atoms with van der Waals surface area (Å²) in [5.74, 6) is -2.48. The van der Waals surface area contributed by atoms with Crippen molar-refractivity contribution >= 4 is 40.8 Å². The molecule has 0 saturated carbocycles. The molecule has 0 spiro atoms. The number of carbonyl (C=O) groups is 3. The maximum absolute atomic E-state index is 13.0. The van der Waals surface area contributed by atoms with Crippen LogP contribution >= 0.6 is 11.6 Å². The predicted octanol–water partition coefficient (Wildman–Crippen LogP) is 4.32. The zero-order chi connectivity index (χ0) is 22.1. The van der Waals surface area contributed by atoms with Crippen LogP contribution in [-0.4, -0.2) is 24.4 Å². The highest BCUT2D eigenvalue weighted by atomic mass is 35.5. The van der Waals surface area contributed by atoms with E-state index in [0.717, 1.165) is 12.1 Å². The molecule has 0 atom stereocenters. The molecule has 0 bridgehead atoms. The third kappa shape index (κ3) is 4.16. The summed E-state index contributed by atoms with van der Waals surface area (Å²) in [5, 5.41) is 2.17. The number of nitrogens with zero attached hydrogens (tertiary/aromatic N) is 1. The second-order valence-corrected chi connectivity index (χ2v) is 6.49. The van der Waals surface area contributed by atoms with Crippen molar-refractivity contribution < 1.29 is 32.3 Å². The van der Waals surface area contributed by atoms with Crippen LogP contribution in [0.5, 0.6) is 0 Å². The van der Waals surface area contributed by atoms with E-state index in [1.165, 1.54) is 30.3 Å². The number of ether oxygens (including phenoxy) is 1. The van der Waals surface area contributed by atoms with Crippen LogP contribution in [-0.2, 0) is 20.5 Å². The van der Waals surface area contributed by atoms with Gasteiger partial charge in [-0.15, -0.1) is 0 Å². The smallest absolute Gasteiger partial charge is 0.416 e. The van der Waals surface area contributed by atoms with E-state index in [1.54, 1.807) is 6.92 Å². The number of amides is 2. The van der Waals surface area contributed by atoms with E-state index in [9.17, 15) is 27.6 Å². The lowest BCUT2D eigenvalue weighted by Gasteiger charge is -2.17. The fraction of sp³-hybridized carbons (Fsp3) is 0.150. The molecule has 6 nitrogen and oxygen atoms in total. The van der Waals surface area contributed by atoms with E-state index in [0.29, 0.717) is 11.0 Å². The Labute approximate surface area is 173 Å². The SMILES string of the molecule is CCOC(=O)c1cccc(NC2=C(Cl)C(=O)N(c3cccc(C(F)(F)F)c3)C2=O)c1. The average Bonchev–Trinajstić information content (AvgIpc) is 2.91. The topological polar surface area (TPSA) is 75.7 Å². The van der Waals surface area contributed by atoms with Crippen molar-refractivity contribution in [3.05, 3.63) is 70.4 Å². The summed E-state index contributed by atoms with van der Waals surface area (Å²) in [7, 11) is 0. The number of anilines is 2. The van der Waals surface area contributed by atoms with E-state index in [1.807, 2.05) is 0 Å². The molecule has 30 heavy (non-hydrogen) atoms. The Kier molecular flexibility index (Phi) is 5.84. The van der Waals surface area contributed by atoms with Crippen LogP contribution in [0, 0.1) is 0 Å². The number of esters is 1. The third-order valence-electron chi connectivity index (χ3n) is 4.10. The number of nitrogens with one attached hydrogen (secondary N) is 1. The Bertz CT molecular complexity index is 1070. The molecule has 0 fully saturated rings. The van der Waals surface area contributed by atoms with Gasteiger partial charge < -0.3 is 10.1 Å². The fourth-order valence-electron chi connectivity index (χ4n) is 2.75. The summed E-state index contributed by atoms with van der Waals surface area (Å²) in [6.45, 7) is 1.82. The van der Waals surface area contributed by atoms with Gasteiger partial charge in [0.2, 0.25) is 0 Å². The number of alkyl halides is 3. The molecule has 0 saturated heterocycles. The number of hydrogen-bond donors (Lipinski definition) is 1. The van der Waals surface area contributed by atoms with Crippen molar-refractivity contribution in [3.63, 3.8) is 0 Å². The molecule has 10 heteroatoms. The quantitative estimate of drug-likeness (QED) is 0.556. The monoisotopic (exact) mass is 438 g/mol. The van der Waals surface area contributed by atoms with Crippen LogP contribution in [0.1, 0.15) is 22.8 Å². The molecular weight excluding hydrogens is 425 g/mol. The minimum atomic E-state index is -4.65. The molecule has 1 aliphatic heterocycles. The highest BCUT2D eigenvalue weighted by Gasteiger charge is 2.40. The number of hydrogen-bond acceptors (Lipinski definition) is 5. The van der Waals surface area contributed by atoms with Gasteiger partial charge in [-0.2, -0.15) is 13.2 Å². The summed E-state index contributed by atoms with van der Waals surface area (Å²) in [6, 6.07) is 9.71. The van der Waals surface area contributed by atoms with Gasteiger partial charge >= 0.3 is 12.1 Å². The summed E-state index contributed by atoms with van der Waals surface area (Å²) >= 11 is 5.99. The van der Waals surface area contributed by atoms with E-state index in [4.69, 9.17) is 16.3 Å². The largest absolute Gasteiger partial charge is 0.462 e. The summed E-state index contributed by atoms with van der Waals surface area (Å²) in [6.07, 6.45) is -4.65. The first kappa shape index (κ1) is 21.4. The molecule has 2 aromatic rings. The van der Waals surface area contributed by atoms with Gasteiger partial charge in [-0.1, -0.05) is 23.7 Å². The summed E-state index contributed by atoms with van der Waals surface area (Å²) in [4.78, 5) is 37.6. The molecule has 1 aliphatic rings. The molecule has 2 amide bonds. The van der Waals surface area contributed by atoms with Gasteiger partial charge in [-0.25, -0.2) is 9.69 Å². The Balaban J connectivity index is 1.89. The van der Waals surface area contributed by atoms with Crippen molar-refractivity contribution in [2.45, 2.75) is 13.1 Å². The normalized spacial score (nSPS) is 14.4. The maximum Gasteiger partial charge on any atom is 0.416 e. The van der Waals surface area contributed by atoms with E-state index >= 15 is 0 Å². The van der Waals surface area contributed by atoms with Crippen LogP contribution in [0.15, 0.2) is 59.3 Å². The molecule has 0 aliphatic carbocycles. The van der Waals surface area contributed by atoms with Crippen LogP contribution in [0.4, 0.5) is 24.5 Å². The molecule has 3 rings (SSSR count). The van der Waals surface area contributed by atoms with Crippen LogP contribution < -0.4 is 10.2 Å². The minimum Gasteiger partial charge on any atom is -0.462 e. The second-order valence-electron chi connectivity index (χ2n) is 6.11. The van der Waals surface area contributed by atoms with Gasteiger partial charge in [-0.3, -0.25) is 9.59 Å². The van der Waals surface area contributed by atoms with Crippen molar-refractivity contribution in [1.82, 2.24) is 0 Å². The van der Waals surface area contributed by atoms with E-state index in [-0.39, 0.29) is 29.2 Å². The predicted molar refractivity (Wildman–Crippen MR) is 103 cm³/mol. The van der Waals surface area contributed by atoms with E-state index in [2.05, 4.69) is 5.32 Å². The van der Waals surface area contributed by atoms with Crippen molar-refractivity contribution in [2.24, 2.45) is 0 Å². The van der Waals surface area contributed by atoms with Gasteiger partial charge in [0.25, 0.3) is 11.8 Å². The van der Waals surface area contributed by atoms with Gasteiger partial charge in [0, 0.05) is 5.69 Å². The average molecular weight is 439 g/mol. The number of benzene rings is 2. The highest BCUT2D eigenvalue weighted by Crippen LogP contribution is 2.35. The number of halogens is 4. The second kappa shape index (κ2) is 8.19. The van der Waals surface area contributed by atoms with Gasteiger partial charge in [0.1, 0.15) is 10.7 Å². The molecule has 0 radical (unpaired) electrons. The van der Waals surface area contributed by atoms with Crippen molar-refractivity contribution in [2.75, 3.05) is 16.8 Å². The standard InChI is InChI=1S/C20H14ClF3N2O4/c1-2-30-19(29)11-5-3-7-13(9-11)25-16-15(21)17(27)26(18(16)28)14-8-4-6-12(10-14)20(22,23)24/h3-10,25H,2H2,1H3. The van der Waals surface area contributed by atoms with E-state index < -0.39 is 34.6 Å². The fourth-order valence-corrected chi connectivity index (χ4v) is 2.96. The number of rotatable bonds is 5. The van der Waals surface area contributed by atoms with Gasteiger partial charge in [-0.05, 0) is 43.3 Å². The van der Waals surface area contributed by atoms with Gasteiger partial charge in [0.05, 0.1) is 23.4 Å². The summed E-state index contributed by atoms with van der Waals surface area (Å²) in [5.41, 5.74) is -1.14. The molecular formula is C20H14ClF3N2O4. The Morgan fingerprint density at radius 2 is 1.80 bits per heavy atom. The first-order valence-corrected chi connectivity index (χ1v) is 9.01. The molecule has 1 heterocycles. The Morgan fingerprint density at radius 1 is 1.10 bits per heavy atom. The Morgan fingerprint density at radius 3 is 2.47 bits per heavy atom. The number of imide groups is 1. The molecule has 0 aromatic heterocycles. The van der Waals surface area contributed by atoms with Crippen molar-refractivity contribution in [3.8, 4) is 0 Å². The molecule has 0 unspecified atom stereocenters. The van der Waals surface area contributed by atoms with Crippen LogP contribution in [0.3, 0.4) is 0 Å². The summed E-state index contributed by atoms with van der Waals surface area (Å²) < 4.78 is 43.8. The first-order chi connectivity index (χ1) is 14.1.